The zero-order chi connectivity index (χ0) is 14.1. The van der Waals surface area contributed by atoms with Gasteiger partial charge in [0.05, 0.1) is 12.2 Å². The molecule has 4 nitrogen and oxygen atoms in total. The molecule has 0 fully saturated rings. The van der Waals surface area contributed by atoms with E-state index in [2.05, 4.69) is 6.58 Å². The molecular formula is C13H26O4Si. The Morgan fingerprint density at radius 3 is 2.06 bits per heavy atom. The predicted octanol–water partition coefficient (Wildman–Crippen LogP) is 2.10. The molecule has 0 aromatic rings. The molecule has 0 saturated carbocycles. The monoisotopic (exact) mass is 274 g/mol. The summed E-state index contributed by atoms with van der Waals surface area (Å²) >= 11 is 0. The minimum Gasteiger partial charge on any atom is -0.516 e. The van der Waals surface area contributed by atoms with Crippen LogP contribution in [0.15, 0.2) is 12.2 Å². The molecule has 0 aromatic heterocycles. The Hall–Kier alpha value is -0.653. The van der Waals surface area contributed by atoms with Crippen LogP contribution >= 0.6 is 0 Å². The normalized spacial score (nSPS) is 12.0. The van der Waals surface area contributed by atoms with Crippen molar-refractivity contribution in [2.75, 3.05) is 0 Å². The summed E-state index contributed by atoms with van der Waals surface area (Å²) in [6.07, 6.45) is 1.68. The molecular weight excluding hydrogens is 248 g/mol. The fourth-order valence-electron chi connectivity index (χ4n) is 1.37. The molecule has 18 heavy (non-hydrogen) atoms. The SMILES string of the molecule is C=C(CCC)C(=O)O[SiH2]C(OC(C)C)OC(C)C. The van der Waals surface area contributed by atoms with E-state index in [9.17, 15) is 4.79 Å². The fourth-order valence-corrected chi connectivity index (χ4v) is 2.79. The number of carbonyl (C=O) groups is 1. The lowest BCUT2D eigenvalue weighted by Gasteiger charge is -2.22. The third kappa shape index (κ3) is 8.44. The highest BCUT2D eigenvalue weighted by Crippen LogP contribution is 2.07. The van der Waals surface area contributed by atoms with Gasteiger partial charge in [0.25, 0.3) is 9.76 Å². The number of ether oxygens (including phenoxy) is 2. The van der Waals surface area contributed by atoms with E-state index in [0.717, 1.165) is 6.42 Å². The van der Waals surface area contributed by atoms with Crippen LogP contribution in [0.4, 0.5) is 0 Å². The number of rotatable bonds is 9. The molecule has 0 atom stereocenters. The fraction of sp³-hybridized carbons (Fsp3) is 0.769. The first-order valence-electron chi connectivity index (χ1n) is 6.52. The van der Waals surface area contributed by atoms with Crippen molar-refractivity contribution in [2.24, 2.45) is 0 Å². The summed E-state index contributed by atoms with van der Waals surface area (Å²) in [7, 11) is -1.22. The van der Waals surface area contributed by atoms with E-state index in [1.165, 1.54) is 0 Å². The van der Waals surface area contributed by atoms with E-state index >= 15 is 0 Å². The first kappa shape index (κ1) is 17.3. The van der Waals surface area contributed by atoms with Crippen LogP contribution in [0.1, 0.15) is 47.5 Å². The first-order valence-corrected chi connectivity index (χ1v) is 7.92. The summed E-state index contributed by atoms with van der Waals surface area (Å²) in [6, 6.07) is 0. The van der Waals surface area contributed by atoms with Crippen molar-refractivity contribution in [1.82, 2.24) is 0 Å². The molecule has 0 spiro atoms. The Bertz CT molecular complexity index is 254. The van der Waals surface area contributed by atoms with Gasteiger partial charge in [-0.1, -0.05) is 19.9 Å². The molecule has 0 saturated heterocycles. The van der Waals surface area contributed by atoms with Gasteiger partial charge >= 0.3 is 5.97 Å². The maximum absolute atomic E-state index is 11.6. The molecule has 0 aliphatic heterocycles. The van der Waals surface area contributed by atoms with Gasteiger partial charge in [-0.3, -0.25) is 0 Å². The van der Waals surface area contributed by atoms with E-state index in [-0.39, 0.29) is 24.1 Å². The Morgan fingerprint density at radius 1 is 1.17 bits per heavy atom. The number of hydrogen-bond donors (Lipinski definition) is 0. The minimum absolute atomic E-state index is 0.0544. The molecule has 0 radical (unpaired) electrons. The second kappa shape index (κ2) is 9.30. The highest BCUT2D eigenvalue weighted by molar-refractivity contribution is 6.32. The maximum Gasteiger partial charge on any atom is 0.319 e. The summed E-state index contributed by atoms with van der Waals surface area (Å²) < 4.78 is 16.4. The van der Waals surface area contributed by atoms with E-state index in [1.807, 2.05) is 34.6 Å². The molecule has 0 N–H and O–H groups in total. The topological polar surface area (TPSA) is 44.8 Å². The van der Waals surface area contributed by atoms with Gasteiger partial charge in [-0.2, -0.15) is 0 Å². The molecule has 5 heteroatoms. The Labute approximate surface area is 113 Å². The van der Waals surface area contributed by atoms with Gasteiger partial charge in [0.2, 0.25) is 0 Å². The predicted molar refractivity (Wildman–Crippen MR) is 74.9 cm³/mol. The van der Waals surface area contributed by atoms with Crippen LogP contribution < -0.4 is 0 Å². The largest absolute Gasteiger partial charge is 0.516 e. The molecule has 106 valence electrons. The van der Waals surface area contributed by atoms with Gasteiger partial charge in [-0.05, 0) is 34.1 Å². The zero-order valence-corrected chi connectivity index (χ0v) is 13.6. The summed E-state index contributed by atoms with van der Waals surface area (Å²) in [4.78, 5) is 11.6. The summed E-state index contributed by atoms with van der Waals surface area (Å²) in [5, 5.41) is 0. The van der Waals surface area contributed by atoms with Gasteiger partial charge in [-0.25, -0.2) is 4.79 Å². The van der Waals surface area contributed by atoms with Crippen LogP contribution in [-0.2, 0) is 18.7 Å². The van der Waals surface area contributed by atoms with Gasteiger partial charge in [0, 0.05) is 5.57 Å². The number of hydrogen-bond acceptors (Lipinski definition) is 4. The Kier molecular flexibility index (Phi) is 8.96. The van der Waals surface area contributed by atoms with Crippen LogP contribution in [0.2, 0.25) is 0 Å². The maximum atomic E-state index is 11.6. The van der Waals surface area contributed by atoms with Crippen LogP contribution in [0, 0.1) is 0 Å². The van der Waals surface area contributed by atoms with Crippen molar-refractivity contribution in [2.45, 2.75) is 65.6 Å². The molecule has 0 amide bonds. The van der Waals surface area contributed by atoms with Crippen LogP contribution in [-0.4, -0.2) is 33.9 Å². The highest BCUT2D eigenvalue weighted by Gasteiger charge is 2.18. The minimum atomic E-state index is -1.22. The molecule has 0 heterocycles. The summed E-state index contributed by atoms with van der Waals surface area (Å²) in [5.74, 6) is -0.698. The van der Waals surface area contributed by atoms with E-state index in [1.54, 1.807) is 0 Å². The summed E-state index contributed by atoms with van der Waals surface area (Å²) in [5.41, 5.74) is 0.526. The molecule has 0 bridgehead atoms. The van der Waals surface area contributed by atoms with Crippen molar-refractivity contribution in [1.29, 1.82) is 0 Å². The molecule has 0 unspecified atom stereocenters. The van der Waals surface area contributed by atoms with Gasteiger partial charge in [-0.15, -0.1) is 0 Å². The quantitative estimate of drug-likeness (QED) is 0.367. The highest BCUT2D eigenvalue weighted by atomic mass is 28.2. The second-order valence-electron chi connectivity index (χ2n) is 4.75. The average molecular weight is 274 g/mol. The zero-order valence-electron chi connectivity index (χ0n) is 12.2. The third-order valence-corrected chi connectivity index (χ3v) is 3.12. The molecule has 0 aliphatic carbocycles. The van der Waals surface area contributed by atoms with E-state index < -0.39 is 9.76 Å². The van der Waals surface area contributed by atoms with Crippen molar-refractivity contribution < 1.29 is 18.7 Å². The van der Waals surface area contributed by atoms with Crippen LogP contribution in [0.25, 0.3) is 0 Å². The summed E-state index contributed by atoms with van der Waals surface area (Å²) in [6.45, 7) is 13.4. The first-order chi connectivity index (χ1) is 8.36. The molecule has 0 aliphatic rings. The number of carbonyl (C=O) groups excluding carboxylic acids is 1. The smallest absolute Gasteiger partial charge is 0.319 e. The van der Waals surface area contributed by atoms with Crippen molar-refractivity contribution >= 4 is 15.7 Å². The Morgan fingerprint density at radius 2 is 1.67 bits per heavy atom. The lowest BCUT2D eigenvalue weighted by molar-refractivity contribution is -0.146. The van der Waals surface area contributed by atoms with Crippen LogP contribution in [0.3, 0.4) is 0 Å². The van der Waals surface area contributed by atoms with E-state index in [4.69, 9.17) is 13.9 Å². The van der Waals surface area contributed by atoms with Gasteiger partial charge in [0.15, 0.2) is 5.91 Å². The Balaban J connectivity index is 4.16. The van der Waals surface area contributed by atoms with Gasteiger partial charge < -0.3 is 13.9 Å². The average Bonchev–Trinajstić information content (AvgIpc) is 2.24. The third-order valence-electron chi connectivity index (χ3n) is 2.04. The standard InChI is InChI=1S/C13H26O4Si/c1-7-8-11(6)12(14)17-18-13(15-9(2)3)16-10(4)5/h9-10,13H,6-8,18H2,1-5H3. The van der Waals surface area contributed by atoms with Crippen molar-refractivity contribution in [3.63, 3.8) is 0 Å². The van der Waals surface area contributed by atoms with Crippen LogP contribution in [0.5, 0.6) is 0 Å². The molecule has 0 rings (SSSR count). The van der Waals surface area contributed by atoms with E-state index in [0.29, 0.717) is 12.0 Å². The van der Waals surface area contributed by atoms with Crippen molar-refractivity contribution in [3.05, 3.63) is 12.2 Å². The lowest BCUT2D eigenvalue weighted by atomic mass is 10.2. The second-order valence-corrected chi connectivity index (χ2v) is 6.04. The molecule has 0 aromatic carbocycles. The van der Waals surface area contributed by atoms with Gasteiger partial charge in [0.1, 0.15) is 0 Å². The lowest BCUT2D eigenvalue weighted by Crippen LogP contribution is -2.33. The van der Waals surface area contributed by atoms with Crippen molar-refractivity contribution in [3.8, 4) is 0 Å².